The summed E-state index contributed by atoms with van der Waals surface area (Å²) < 4.78 is 6.12. The smallest absolute Gasteiger partial charge is 0.339 e. The van der Waals surface area contributed by atoms with Crippen LogP contribution in [-0.2, 0) is 4.74 Å². The van der Waals surface area contributed by atoms with E-state index < -0.39 is 0 Å². The molecule has 1 fully saturated rings. The number of rotatable bonds is 2. The van der Waals surface area contributed by atoms with E-state index in [0.29, 0.717) is 15.7 Å². The lowest BCUT2D eigenvalue weighted by atomic mass is 10.1. The fraction of sp³-hybridized carbons (Fsp3) is 0.462. The summed E-state index contributed by atoms with van der Waals surface area (Å²) in [6, 6.07) is 5.22. The highest BCUT2D eigenvalue weighted by molar-refractivity contribution is 9.10. The molecule has 1 aliphatic heterocycles. The highest BCUT2D eigenvalue weighted by Gasteiger charge is 2.22. The summed E-state index contributed by atoms with van der Waals surface area (Å²) in [5.74, 6) is -0.302. The molecule has 1 heterocycles. The summed E-state index contributed by atoms with van der Waals surface area (Å²) >= 11 is 3.32. The number of anilines is 1. The van der Waals surface area contributed by atoms with Gasteiger partial charge in [-0.05, 0) is 48.0 Å². The number of hydrogen-bond donors (Lipinski definition) is 1. The van der Waals surface area contributed by atoms with Gasteiger partial charge in [0.1, 0.15) is 6.10 Å². The minimum absolute atomic E-state index is 0.0158. The molecule has 1 aliphatic rings. The van der Waals surface area contributed by atoms with Crippen LogP contribution in [0.3, 0.4) is 0 Å². The molecule has 0 radical (unpaired) electrons. The van der Waals surface area contributed by atoms with Crippen LogP contribution in [0.5, 0.6) is 0 Å². The van der Waals surface area contributed by atoms with E-state index in [1.54, 1.807) is 18.2 Å². The van der Waals surface area contributed by atoms with E-state index in [2.05, 4.69) is 27.9 Å². The Morgan fingerprint density at radius 1 is 1.44 bits per heavy atom. The molecule has 2 N–H and O–H groups in total. The number of esters is 1. The number of hydrogen-bond acceptors (Lipinski definition) is 4. The Morgan fingerprint density at radius 2 is 2.11 bits per heavy atom. The molecule has 18 heavy (non-hydrogen) atoms. The van der Waals surface area contributed by atoms with Crippen LogP contribution in [0.2, 0.25) is 0 Å². The fourth-order valence-corrected chi connectivity index (χ4v) is 2.45. The molecule has 0 aliphatic carbocycles. The third-order valence-electron chi connectivity index (χ3n) is 3.19. The second kappa shape index (κ2) is 5.71. The van der Waals surface area contributed by atoms with Crippen LogP contribution in [0, 0.1) is 0 Å². The maximum atomic E-state index is 12.0. The molecule has 0 aromatic heterocycles. The molecule has 98 valence electrons. The Bertz CT molecular complexity index is 443. The predicted molar refractivity (Wildman–Crippen MR) is 74.5 cm³/mol. The zero-order valence-corrected chi connectivity index (χ0v) is 11.9. The van der Waals surface area contributed by atoms with Crippen molar-refractivity contribution in [2.75, 3.05) is 25.9 Å². The van der Waals surface area contributed by atoms with Crippen LogP contribution in [0.4, 0.5) is 5.69 Å². The van der Waals surface area contributed by atoms with Gasteiger partial charge in [-0.25, -0.2) is 4.79 Å². The van der Waals surface area contributed by atoms with Gasteiger partial charge in [0.2, 0.25) is 0 Å². The van der Waals surface area contributed by atoms with Crippen molar-refractivity contribution in [3.05, 3.63) is 28.2 Å². The second-order valence-electron chi connectivity index (χ2n) is 4.62. The molecule has 5 heteroatoms. The van der Waals surface area contributed by atoms with Gasteiger partial charge in [0, 0.05) is 18.8 Å². The van der Waals surface area contributed by atoms with Crippen LogP contribution >= 0.6 is 15.9 Å². The molecule has 1 aromatic carbocycles. The number of nitrogen functional groups attached to an aromatic ring is 1. The predicted octanol–water partition coefficient (Wildman–Crippen LogP) is 2.28. The van der Waals surface area contributed by atoms with E-state index in [9.17, 15) is 4.79 Å². The number of carbonyl (C=O) groups is 1. The van der Waals surface area contributed by atoms with Crippen molar-refractivity contribution in [2.24, 2.45) is 0 Å². The van der Waals surface area contributed by atoms with Crippen LogP contribution in [0.1, 0.15) is 23.2 Å². The van der Waals surface area contributed by atoms with Crippen molar-refractivity contribution in [3.8, 4) is 0 Å². The summed E-state index contributed by atoms with van der Waals surface area (Å²) in [5, 5.41) is 0. The van der Waals surface area contributed by atoms with Gasteiger partial charge < -0.3 is 15.4 Å². The number of benzene rings is 1. The number of likely N-dealkylation sites (tertiary alicyclic amines) is 1. The highest BCUT2D eigenvalue weighted by Crippen LogP contribution is 2.25. The zero-order chi connectivity index (χ0) is 13.1. The second-order valence-corrected chi connectivity index (χ2v) is 5.41. The summed E-state index contributed by atoms with van der Waals surface area (Å²) in [6.07, 6.45) is 1.80. The quantitative estimate of drug-likeness (QED) is 0.672. The number of nitrogens with zero attached hydrogens (tertiary/aromatic N) is 1. The molecular weight excluding hydrogens is 296 g/mol. The average Bonchev–Trinajstić information content (AvgIpc) is 2.35. The van der Waals surface area contributed by atoms with Crippen LogP contribution < -0.4 is 5.73 Å². The molecule has 0 unspecified atom stereocenters. The first-order chi connectivity index (χ1) is 8.58. The SMILES string of the molecule is CN1CCC(OC(=O)c2cccc(N)c2Br)CC1. The molecule has 1 saturated heterocycles. The minimum atomic E-state index is -0.302. The summed E-state index contributed by atoms with van der Waals surface area (Å²) in [4.78, 5) is 14.3. The van der Waals surface area contributed by atoms with Crippen molar-refractivity contribution in [2.45, 2.75) is 18.9 Å². The third-order valence-corrected chi connectivity index (χ3v) is 4.07. The van der Waals surface area contributed by atoms with E-state index in [0.717, 1.165) is 25.9 Å². The summed E-state index contributed by atoms with van der Waals surface area (Å²) in [5.41, 5.74) is 6.79. The molecule has 2 rings (SSSR count). The number of nitrogens with two attached hydrogens (primary N) is 1. The van der Waals surface area contributed by atoms with Gasteiger partial charge in [-0.15, -0.1) is 0 Å². The van der Waals surface area contributed by atoms with E-state index in [4.69, 9.17) is 10.5 Å². The van der Waals surface area contributed by atoms with Crippen molar-refractivity contribution < 1.29 is 9.53 Å². The average molecular weight is 313 g/mol. The highest BCUT2D eigenvalue weighted by atomic mass is 79.9. The Balaban J connectivity index is 2.01. The largest absolute Gasteiger partial charge is 0.459 e. The van der Waals surface area contributed by atoms with E-state index in [1.807, 2.05) is 0 Å². The van der Waals surface area contributed by atoms with Gasteiger partial charge in [-0.1, -0.05) is 6.07 Å². The lowest BCUT2D eigenvalue weighted by Gasteiger charge is -2.28. The maximum Gasteiger partial charge on any atom is 0.339 e. The first-order valence-electron chi connectivity index (χ1n) is 6.01. The standard InChI is InChI=1S/C13H17BrN2O2/c1-16-7-5-9(6-8-16)18-13(17)10-3-2-4-11(15)12(10)14/h2-4,9H,5-8,15H2,1H3. The third kappa shape index (κ3) is 3.03. The normalized spacial score (nSPS) is 17.7. The molecular formula is C13H17BrN2O2. The van der Waals surface area contributed by atoms with Gasteiger partial charge >= 0.3 is 5.97 Å². The molecule has 4 nitrogen and oxygen atoms in total. The minimum Gasteiger partial charge on any atom is -0.459 e. The maximum absolute atomic E-state index is 12.0. The van der Waals surface area contributed by atoms with Gasteiger partial charge in [-0.3, -0.25) is 0 Å². The van der Waals surface area contributed by atoms with E-state index >= 15 is 0 Å². The van der Waals surface area contributed by atoms with Crippen LogP contribution in [0.25, 0.3) is 0 Å². The van der Waals surface area contributed by atoms with E-state index in [1.165, 1.54) is 0 Å². The molecule has 0 spiro atoms. The van der Waals surface area contributed by atoms with Crippen molar-refractivity contribution in [1.82, 2.24) is 4.90 Å². The van der Waals surface area contributed by atoms with Crippen LogP contribution in [-0.4, -0.2) is 37.1 Å². The number of piperidine rings is 1. The summed E-state index contributed by atoms with van der Waals surface area (Å²) in [6.45, 7) is 1.94. The Hall–Kier alpha value is -1.07. The number of ether oxygens (including phenoxy) is 1. The number of halogens is 1. The first kappa shape index (κ1) is 13.4. The van der Waals surface area contributed by atoms with Gasteiger partial charge in [0.25, 0.3) is 0 Å². The lowest BCUT2D eigenvalue weighted by Crippen LogP contribution is -2.35. The first-order valence-corrected chi connectivity index (χ1v) is 6.80. The van der Waals surface area contributed by atoms with Crippen molar-refractivity contribution in [3.63, 3.8) is 0 Å². The Morgan fingerprint density at radius 3 is 2.78 bits per heavy atom. The van der Waals surface area contributed by atoms with E-state index in [-0.39, 0.29) is 12.1 Å². The van der Waals surface area contributed by atoms with Crippen molar-refractivity contribution in [1.29, 1.82) is 0 Å². The summed E-state index contributed by atoms with van der Waals surface area (Å²) in [7, 11) is 2.08. The van der Waals surface area contributed by atoms with Gasteiger partial charge in [0.15, 0.2) is 0 Å². The number of carbonyl (C=O) groups excluding carboxylic acids is 1. The molecule has 0 atom stereocenters. The Labute approximate surface area is 115 Å². The Kier molecular flexibility index (Phi) is 4.24. The topological polar surface area (TPSA) is 55.6 Å². The molecule has 1 aromatic rings. The van der Waals surface area contributed by atoms with Gasteiger partial charge in [-0.2, -0.15) is 0 Å². The van der Waals surface area contributed by atoms with Crippen LogP contribution in [0.15, 0.2) is 22.7 Å². The van der Waals surface area contributed by atoms with Crippen molar-refractivity contribution >= 4 is 27.6 Å². The molecule has 0 saturated carbocycles. The van der Waals surface area contributed by atoms with Gasteiger partial charge in [0.05, 0.1) is 10.0 Å². The lowest BCUT2D eigenvalue weighted by molar-refractivity contribution is 0.0138. The molecule has 0 amide bonds. The monoisotopic (exact) mass is 312 g/mol. The molecule has 0 bridgehead atoms. The fourth-order valence-electron chi connectivity index (χ4n) is 2.03. The zero-order valence-electron chi connectivity index (χ0n) is 10.4.